The van der Waals surface area contributed by atoms with Crippen LogP contribution >= 0.6 is 15.9 Å². The van der Waals surface area contributed by atoms with Crippen molar-refractivity contribution in [2.45, 2.75) is 19.3 Å². The Labute approximate surface area is 103 Å². The third-order valence-electron chi connectivity index (χ3n) is 2.92. The van der Waals surface area contributed by atoms with Gasteiger partial charge in [-0.25, -0.2) is 4.79 Å². The lowest BCUT2D eigenvalue weighted by atomic mass is 9.86. The van der Waals surface area contributed by atoms with Crippen LogP contribution in [0.5, 0.6) is 0 Å². The molecule has 1 aromatic rings. The van der Waals surface area contributed by atoms with Crippen LogP contribution in [0.25, 0.3) is 0 Å². The summed E-state index contributed by atoms with van der Waals surface area (Å²) in [5, 5.41) is 0. The monoisotopic (exact) mass is 283 g/mol. The molecule has 1 saturated carbocycles. The van der Waals surface area contributed by atoms with Crippen LogP contribution in [-0.4, -0.2) is 12.6 Å². The molecule has 1 aromatic carbocycles. The zero-order chi connectivity index (χ0) is 11.5. The van der Waals surface area contributed by atoms with E-state index in [1.807, 2.05) is 0 Å². The van der Waals surface area contributed by atoms with Crippen molar-refractivity contribution in [3.05, 3.63) is 28.2 Å². The van der Waals surface area contributed by atoms with Crippen LogP contribution in [0, 0.1) is 5.92 Å². The zero-order valence-electron chi connectivity index (χ0n) is 8.91. The molecule has 1 aliphatic rings. The van der Waals surface area contributed by atoms with Crippen molar-refractivity contribution in [1.82, 2.24) is 0 Å². The Kier molecular flexibility index (Phi) is 3.49. The van der Waals surface area contributed by atoms with Gasteiger partial charge in [0, 0.05) is 5.69 Å². The fraction of sp³-hybridized carbons (Fsp3) is 0.417. The molecule has 1 aliphatic carbocycles. The fourth-order valence-corrected chi connectivity index (χ4v) is 2.06. The molecule has 0 bridgehead atoms. The van der Waals surface area contributed by atoms with E-state index in [1.54, 1.807) is 18.2 Å². The molecular formula is C12H14BrNO2. The van der Waals surface area contributed by atoms with Gasteiger partial charge in [0.25, 0.3) is 0 Å². The Morgan fingerprint density at radius 2 is 2.25 bits per heavy atom. The quantitative estimate of drug-likeness (QED) is 0.685. The summed E-state index contributed by atoms with van der Waals surface area (Å²) >= 11 is 3.29. The molecular weight excluding hydrogens is 270 g/mol. The minimum Gasteiger partial charge on any atom is -0.462 e. The van der Waals surface area contributed by atoms with Crippen molar-refractivity contribution in [3.8, 4) is 0 Å². The van der Waals surface area contributed by atoms with Crippen molar-refractivity contribution in [2.75, 3.05) is 12.3 Å². The van der Waals surface area contributed by atoms with Gasteiger partial charge in [-0.2, -0.15) is 0 Å². The molecule has 0 aromatic heterocycles. The lowest BCUT2D eigenvalue weighted by Crippen LogP contribution is -2.20. The molecule has 0 unspecified atom stereocenters. The van der Waals surface area contributed by atoms with Crippen molar-refractivity contribution in [3.63, 3.8) is 0 Å². The molecule has 1 fully saturated rings. The SMILES string of the molecule is Nc1cccc(C(=O)OCC2CCC2)c1Br. The third-order valence-corrected chi connectivity index (χ3v) is 3.81. The summed E-state index contributed by atoms with van der Waals surface area (Å²) < 4.78 is 5.86. The van der Waals surface area contributed by atoms with Crippen LogP contribution in [-0.2, 0) is 4.74 Å². The molecule has 16 heavy (non-hydrogen) atoms. The standard InChI is InChI=1S/C12H14BrNO2/c13-11-9(5-2-6-10(11)14)12(15)16-7-8-3-1-4-8/h2,5-6,8H,1,3-4,7,14H2. The second-order valence-electron chi connectivity index (χ2n) is 4.10. The normalized spacial score (nSPS) is 15.6. The largest absolute Gasteiger partial charge is 0.462 e. The number of nitrogens with two attached hydrogens (primary N) is 1. The van der Waals surface area contributed by atoms with Crippen LogP contribution in [0.4, 0.5) is 5.69 Å². The van der Waals surface area contributed by atoms with E-state index in [-0.39, 0.29) is 5.97 Å². The van der Waals surface area contributed by atoms with Gasteiger partial charge in [0.15, 0.2) is 0 Å². The maximum Gasteiger partial charge on any atom is 0.339 e. The molecule has 0 heterocycles. The maximum absolute atomic E-state index is 11.8. The first-order valence-electron chi connectivity index (χ1n) is 5.39. The van der Waals surface area contributed by atoms with Crippen LogP contribution in [0.15, 0.2) is 22.7 Å². The third kappa shape index (κ3) is 2.38. The number of rotatable bonds is 3. The molecule has 2 N–H and O–H groups in total. The first-order chi connectivity index (χ1) is 7.68. The molecule has 0 saturated heterocycles. The zero-order valence-corrected chi connectivity index (χ0v) is 10.5. The molecule has 2 rings (SSSR count). The Balaban J connectivity index is 1.99. The van der Waals surface area contributed by atoms with Gasteiger partial charge < -0.3 is 10.5 Å². The van der Waals surface area contributed by atoms with E-state index >= 15 is 0 Å². The lowest BCUT2D eigenvalue weighted by molar-refractivity contribution is 0.0370. The number of anilines is 1. The molecule has 0 spiro atoms. The van der Waals surface area contributed by atoms with Crippen molar-refractivity contribution < 1.29 is 9.53 Å². The van der Waals surface area contributed by atoms with Crippen LogP contribution in [0.2, 0.25) is 0 Å². The second-order valence-corrected chi connectivity index (χ2v) is 4.90. The second kappa shape index (κ2) is 4.87. The number of benzene rings is 1. The average molecular weight is 284 g/mol. The predicted molar refractivity (Wildman–Crippen MR) is 66.2 cm³/mol. The van der Waals surface area contributed by atoms with Crippen LogP contribution in [0.1, 0.15) is 29.6 Å². The van der Waals surface area contributed by atoms with Gasteiger partial charge in [-0.1, -0.05) is 12.5 Å². The number of hydrogen-bond donors (Lipinski definition) is 1. The van der Waals surface area contributed by atoms with Gasteiger partial charge in [-0.05, 0) is 46.8 Å². The smallest absolute Gasteiger partial charge is 0.339 e. The summed E-state index contributed by atoms with van der Waals surface area (Å²) in [6, 6.07) is 5.20. The van der Waals surface area contributed by atoms with Gasteiger partial charge in [0.1, 0.15) is 0 Å². The molecule has 0 aliphatic heterocycles. The van der Waals surface area contributed by atoms with Crippen LogP contribution in [0.3, 0.4) is 0 Å². The summed E-state index contributed by atoms with van der Waals surface area (Å²) in [5.41, 5.74) is 6.75. The molecule has 0 amide bonds. The fourth-order valence-electron chi connectivity index (χ4n) is 1.64. The first-order valence-corrected chi connectivity index (χ1v) is 6.19. The van der Waals surface area contributed by atoms with Gasteiger partial charge in [-0.15, -0.1) is 0 Å². The van der Waals surface area contributed by atoms with E-state index in [9.17, 15) is 4.79 Å². The Bertz CT molecular complexity index is 402. The summed E-state index contributed by atoms with van der Waals surface area (Å²) in [5.74, 6) is 0.259. The van der Waals surface area contributed by atoms with E-state index in [4.69, 9.17) is 10.5 Å². The summed E-state index contributed by atoms with van der Waals surface area (Å²) in [6.07, 6.45) is 3.60. The van der Waals surface area contributed by atoms with E-state index in [0.717, 1.165) is 0 Å². The number of halogens is 1. The highest BCUT2D eigenvalue weighted by Crippen LogP contribution is 2.28. The number of nitrogen functional groups attached to an aromatic ring is 1. The highest BCUT2D eigenvalue weighted by atomic mass is 79.9. The van der Waals surface area contributed by atoms with Crippen molar-refractivity contribution in [1.29, 1.82) is 0 Å². The van der Waals surface area contributed by atoms with E-state index in [0.29, 0.717) is 28.2 Å². The Hall–Kier alpha value is -1.03. The predicted octanol–water partition coefficient (Wildman–Crippen LogP) is 2.99. The lowest BCUT2D eigenvalue weighted by Gasteiger charge is -2.24. The van der Waals surface area contributed by atoms with Gasteiger partial charge in [-0.3, -0.25) is 0 Å². The average Bonchev–Trinajstić information content (AvgIpc) is 2.19. The van der Waals surface area contributed by atoms with Gasteiger partial charge in [0.2, 0.25) is 0 Å². The summed E-state index contributed by atoms with van der Waals surface area (Å²) in [6.45, 7) is 0.528. The van der Waals surface area contributed by atoms with Crippen molar-refractivity contribution in [2.24, 2.45) is 5.92 Å². The molecule has 3 nitrogen and oxygen atoms in total. The number of hydrogen-bond acceptors (Lipinski definition) is 3. The molecule has 4 heteroatoms. The van der Waals surface area contributed by atoms with E-state index in [1.165, 1.54) is 19.3 Å². The Morgan fingerprint density at radius 3 is 2.88 bits per heavy atom. The van der Waals surface area contributed by atoms with Crippen molar-refractivity contribution >= 4 is 27.6 Å². The minimum absolute atomic E-state index is 0.300. The number of carbonyl (C=O) groups excluding carboxylic acids is 1. The minimum atomic E-state index is -0.300. The van der Waals surface area contributed by atoms with E-state index in [2.05, 4.69) is 15.9 Å². The summed E-state index contributed by atoms with van der Waals surface area (Å²) in [4.78, 5) is 11.8. The summed E-state index contributed by atoms with van der Waals surface area (Å²) in [7, 11) is 0. The topological polar surface area (TPSA) is 52.3 Å². The maximum atomic E-state index is 11.8. The Morgan fingerprint density at radius 1 is 1.50 bits per heavy atom. The number of ether oxygens (including phenoxy) is 1. The first kappa shape index (κ1) is 11.5. The van der Waals surface area contributed by atoms with Crippen LogP contribution < -0.4 is 5.73 Å². The molecule has 0 atom stereocenters. The highest BCUT2D eigenvalue weighted by molar-refractivity contribution is 9.10. The van der Waals surface area contributed by atoms with Gasteiger partial charge in [0.05, 0.1) is 16.6 Å². The highest BCUT2D eigenvalue weighted by Gasteiger charge is 2.20. The van der Waals surface area contributed by atoms with E-state index < -0.39 is 0 Å². The number of carbonyl (C=O) groups is 1. The molecule has 0 radical (unpaired) electrons. The van der Waals surface area contributed by atoms with Gasteiger partial charge >= 0.3 is 5.97 Å². The number of esters is 1. The molecule has 86 valence electrons.